The smallest absolute Gasteiger partial charge is 0.870 e. The van der Waals surface area contributed by atoms with Crippen LogP contribution < -0.4 is 0 Å². The molecule has 0 saturated heterocycles. The number of thiocarbonyl (C=S) groups is 2. The van der Waals surface area contributed by atoms with Crippen molar-refractivity contribution >= 4 is 58.5 Å². The molecule has 85 valence electrons. The Morgan fingerprint density at radius 3 is 1.21 bits per heavy atom. The Bertz CT molecular complexity index is 129. The van der Waals surface area contributed by atoms with Crippen LogP contribution in [0.25, 0.3) is 0 Å². The molecule has 0 amide bonds. The molecule has 0 atom stereocenters. The third-order valence-electron chi connectivity index (χ3n) is 0.524. The molecule has 0 aliphatic heterocycles. The maximum Gasteiger partial charge on any atom is 3.00 e. The van der Waals surface area contributed by atoms with Gasteiger partial charge in [-0.15, -0.1) is 0 Å². The predicted molar refractivity (Wildman–Crippen MR) is 65.1 cm³/mol. The van der Waals surface area contributed by atoms with E-state index in [2.05, 4.69) is 59.2 Å². The molecule has 0 bridgehead atoms. The van der Waals surface area contributed by atoms with Gasteiger partial charge in [-0.05, 0) is 13.8 Å². The molecule has 0 fully saturated rings. The minimum Gasteiger partial charge on any atom is -0.870 e. The van der Waals surface area contributed by atoms with E-state index in [9.17, 15) is 0 Å². The van der Waals surface area contributed by atoms with Gasteiger partial charge in [0.15, 0.2) is 0 Å². The van der Waals surface area contributed by atoms with Crippen LogP contribution in [-0.4, -0.2) is 27.5 Å². The predicted octanol–water partition coefficient (Wildman–Crippen LogP) is 1.53. The third-order valence-corrected chi connectivity index (χ3v) is 0.996. The topological polar surface area (TPSA) is 48.5 Å². The zero-order valence-electron chi connectivity index (χ0n) is 7.66. The van der Waals surface area contributed by atoms with E-state index in [1.165, 1.54) is 0 Å². The van der Waals surface area contributed by atoms with Crippen LogP contribution in [0.4, 0.5) is 0 Å². The normalized spacial score (nSPS) is 6.43. The van der Waals surface area contributed by atoms with Gasteiger partial charge < -0.3 is 64.6 Å². The summed E-state index contributed by atoms with van der Waals surface area (Å²) in [6, 6.07) is 0. The Hall–Kier alpha value is 0.699. The standard InChI is InChI=1S/2C3H6OS2.Fe.H2O/c2*1-2-4-3(5)6;;/h2*2H2,1H3,(H,5,6);;1H2/q;;+3;/p-3. The largest absolute Gasteiger partial charge is 3.00 e. The van der Waals surface area contributed by atoms with Gasteiger partial charge in [0, 0.05) is 8.77 Å². The first-order valence-electron chi connectivity index (χ1n) is 3.22. The second-order valence-corrected chi connectivity index (χ2v) is 3.37. The molecule has 14 heavy (non-hydrogen) atoms. The van der Waals surface area contributed by atoms with E-state index in [0.717, 1.165) is 0 Å². The summed E-state index contributed by atoms with van der Waals surface area (Å²) in [5, 5.41) is 0. The van der Waals surface area contributed by atoms with Gasteiger partial charge in [-0.2, -0.15) is 0 Å². The first kappa shape index (κ1) is 24.1. The second kappa shape index (κ2) is 19.3. The fraction of sp³-hybridized carbons (Fsp3) is 0.667. The quantitative estimate of drug-likeness (QED) is 0.435. The van der Waals surface area contributed by atoms with Crippen LogP contribution in [0.2, 0.25) is 0 Å². The van der Waals surface area contributed by atoms with Crippen LogP contribution in [-0.2, 0) is 51.8 Å². The van der Waals surface area contributed by atoms with Crippen LogP contribution in [0, 0.1) is 0 Å². The van der Waals surface area contributed by atoms with E-state index in [-0.39, 0.29) is 31.3 Å². The Labute approximate surface area is 117 Å². The molecule has 0 spiro atoms. The van der Waals surface area contributed by atoms with Crippen molar-refractivity contribution in [3.8, 4) is 0 Å². The maximum atomic E-state index is 4.59. The molecule has 0 aromatic carbocycles. The van der Waals surface area contributed by atoms with Gasteiger partial charge in [0.1, 0.15) is 0 Å². The summed E-state index contributed by atoms with van der Waals surface area (Å²) < 4.78 is 9.59. The molecule has 1 N–H and O–H groups in total. The van der Waals surface area contributed by atoms with Crippen molar-refractivity contribution < 1.29 is 32.0 Å². The molecular weight excluding hydrogens is 304 g/mol. The summed E-state index contributed by atoms with van der Waals surface area (Å²) >= 11 is 17.5. The van der Waals surface area contributed by atoms with E-state index in [4.69, 9.17) is 0 Å². The molecule has 0 unspecified atom stereocenters. The Kier molecular flexibility index (Phi) is 33.2. The van der Waals surface area contributed by atoms with Gasteiger partial charge in [-0.3, -0.25) is 0 Å². The monoisotopic (exact) mass is 315 g/mol. The molecule has 0 aromatic heterocycles. The SMILES string of the molecule is CCOC(=S)[S-].CCOC(=S)[S-].[Fe+3].[OH-]. The van der Waals surface area contributed by atoms with Gasteiger partial charge in [0.05, 0.1) is 13.2 Å². The summed E-state index contributed by atoms with van der Waals surface area (Å²) in [5.41, 5.74) is 0. The molecular formula is C6H11FeO3S4. The molecule has 1 radical (unpaired) electrons. The molecule has 3 nitrogen and oxygen atoms in total. The van der Waals surface area contributed by atoms with E-state index in [1.807, 2.05) is 13.8 Å². The Morgan fingerprint density at radius 2 is 1.21 bits per heavy atom. The van der Waals surface area contributed by atoms with Crippen LogP contribution in [0.5, 0.6) is 0 Å². The number of ether oxygens (including phenoxy) is 2. The summed E-state index contributed by atoms with van der Waals surface area (Å²) in [5.74, 6) is 0. The maximum absolute atomic E-state index is 4.59. The van der Waals surface area contributed by atoms with Crippen molar-refractivity contribution in [2.24, 2.45) is 0 Å². The third kappa shape index (κ3) is 38.7. The Morgan fingerprint density at radius 1 is 1.00 bits per heavy atom. The molecule has 0 heterocycles. The minimum atomic E-state index is 0. The van der Waals surface area contributed by atoms with E-state index < -0.39 is 0 Å². The van der Waals surface area contributed by atoms with Crippen molar-refractivity contribution in [3.05, 3.63) is 0 Å². The first-order chi connectivity index (χ1) is 5.54. The van der Waals surface area contributed by atoms with Crippen LogP contribution in [0.15, 0.2) is 0 Å². The van der Waals surface area contributed by atoms with Crippen LogP contribution in [0.1, 0.15) is 13.8 Å². The van der Waals surface area contributed by atoms with Gasteiger partial charge in [0.2, 0.25) is 0 Å². The van der Waals surface area contributed by atoms with Crippen LogP contribution >= 0.6 is 24.4 Å². The van der Waals surface area contributed by atoms with Gasteiger partial charge in [0.25, 0.3) is 0 Å². The van der Waals surface area contributed by atoms with E-state index in [0.29, 0.717) is 13.2 Å². The number of hydrogen-bond donors (Lipinski definition) is 0. The molecule has 0 saturated carbocycles. The van der Waals surface area contributed by atoms with Crippen molar-refractivity contribution in [3.63, 3.8) is 0 Å². The molecule has 0 aliphatic carbocycles. The summed E-state index contributed by atoms with van der Waals surface area (Å²) in [6.07, 6.45) is 0. The van der Waals surface area contributed by atoms with Gasteiger partial charge >= 0.3 is 17.1 Å². The number of hydrogen-bond acceptors (Lipinski definition) is 7. The summed E-state index contributed by atoms with van der Waals surface area (Å²) in [7, 11) is 0. The van der Waals surface area contributed by atoms with Crippen molar-refractivity contribution in [2.45, 2.75) is 13.8 Å². The Balaban J connectivity index is -0.0000000625. The molecule has 0 aromatic rings. The van der Waals surface area contributed by atoms with Crippen molar-refractivity contribution in [1.82, 2.24) is 0 Å². The fourth-order valence-electron chi connectivity index (χ4n) is 0.236. The number of rotatable bonds is 2. The first-order valence-corrected chi connectivity index (χ1v) is 4.85. The summed E-state index contributed by atoms with van der Waals surface area (Å²) in [6.45, 7) is 4.86. The minimum absolute atomic E-state index is 0. The molecule has 0 aliphatic rings. The second-order valence-electron chi connectivity index (χ2n) is 1.37. The van der Waals surface area contributed by atoms with Crippen molar-refractivity contribution in [1.29, 1.82) is 0 Å². The van der Waals surface area contributed by atoms with E-state index in [1.54, 1.807) is 0 Å². The van der Waals surface area contributed by atoms with Gasteiger partial charge in [-0.1, -0.05) is 0 Å². The zero-order chi connectivity index (χ0) is 9.98. The zero-order valence-corrected chi connectivity index (χ0v) is 12.0. The van der Waals surface area contributed by atoms with E-state index >= 15 is 0 Å². The summed E-state index contributed by atoms with van der Waals surface area (Å²) in [4.78, 5) is 0. The average Bonchev–Trinajstić information content (AvgIpc) is 1.87. The average molecular weight is 315 g/mol. The van der Waals surface area contributed by atoms with Crippen LogP contribution in [0.3, 0.4) is 0 Å². The molecule has 8 heteroatoms. The molecule has 0 rings (SSSR count). The van der Waals surface area contributed by atoms with Gasteiger partial charge in [-0.25, -0.2) is 0 Å². The van der Waals surface area contributed by atoms with Crippen molar-refractivity contribution in [2.75, 3.05) is 13.2 Å². The fourth-order valence-corrected chi connectivity index (χ4v) is 0.707.